The summed E-state index contributed by atoms with van der Waals surface area (Å²) < 4.78 is 71.3. The third kappa shape index (κ3) is 6.17. The lowest BCUT2D eigenvalue weighted by Gasteiger charge is -2.47. The maximum Gasteiger partial charge on any atom is 0.573 e. The summed E-state index contributed by atoms with van der Waals surface area (Å²) in [5, 5.41) is 11.9. The first-order chi connectivity index (χ1) is 20.6. The molecule has 3 heterocycles. The summed E-state index contributed by atoms with van der Waals surface area (Å²) in [4.78, 5) is 8.26. The van der Waals surface area contributed by atoms with E-state index in [1.165, 1.54) is 0 Å². The van der Waals surface area contributed by atoms with Crippen molar-refractivity contribution < 1.29 is 31.4 Å². The molecule has 12 heteroatoms. The molecule has 4 aromatic rings. The number of rotatable bonds is 6. The highest BCUT2D eigenvalue weighted by Crippen LogP contribution is 2.40. The van der Waals surface area contributed by atoms with Crippen molar-refractivity contribution in [3.05, 3.63) is 108 Å². The van der Waals surface area contributed by atoms with Crippen LogP contribution in [0.25, 0.3) is 0 Å². The van der Waals surface area contributed by atoms with Gasteiger partial charge in [-0.3, -0.25) is 0 Å². The molecule has 1 saturated heterocycles. The fourth-order valence-corrected chi connectivity index (χ4v) is 7.09. The predicted octanol–water partition coefficient (Wildman–Crippen LogP) is 4.81. The molecule has 1 fully saturated rings. The van der Waals surface area contributed by atoms with E-state index in [4.69, 9.17) is 0 Å². The number of benzene rings is 3. The van der Waals surface area contributed by atoms with Gasteiger partial charge in [0.2, 0.25) is 10.0 Å². The van der Waals surface area contributed by atoms with Crippen molar-refractivity contribution in [3.8, 4) is 5.75 Å². The Bertz CT molecular complexity index is 1640. The molecule has 0 aliphatic carbocycles. The number of piperidine rings is 1. The van der Waals surface area contributed by atoms with E-state index in [0.717, 1.165) is 59.6 Å². The standard InChI is InChI=1S/C31H29F3N4O4S/c32-31(33,34)42-23-14-16-24(17-15-23)43(40,41)36-25-19-37(29-11-5-6-18-35-29)20-28(30(25)39)38-26-9-3-1-7-21(26)12-13-22-8-2-4-10-27(22)38/h1-11,14-18,25,28,30,36,39H,12-13,19-20H2/t25-,28+,30+/m1/s1. The second kappa shape index (κ2) is 11.5. The second-order valence-corrected chi connectivity index (χ2v) is 12.2. The zero-order valence-corrected chi connectivity index (χ0v) is 23.7. The topological polar surface area (TPSA) is 95.0 Å². The van der Waals surface area contributed by atoms with Gasteiger partial charge in [0, 0.05) is 30.7 Å². The number of nitrogens with one attached hydrogen (secondary N) is 1. The van der Waals surface area contributed by atoms with Crippen molar-refractivity contribution in [1.29, 1.82) is 0 Å². The van der Waals surface area contributed by atoms with Crippen LogP contribution in [0.3, 0.4) is 0 Å². The van der Waals surface area contributed by atoms with Gasteiger partial charge in [-0.25, -0.2) is 18.1 Å². The quantitative estimate of drug-likeness (QED) is 0.324. The number of aliphatic hydroxyl groups excluding tert-OH is 1. The molecule has 0 unspecified atom stereocenters. The number of para-hydroxylation sites is 2. The van der Waals surface area contributed by atoms with Crippen LogP contribution in [0.1, 0.15) is 11.1 Å². The van der Waals surface area contributed by atoms with E-state index >= 15 is 0 Å². The van der Waals surface area contributed by atoms with Crippen LogP contribution in [0.5, 0.6) is 5.75 Å². The van der Waals surface area contributed by atoms with Gasteiger partial charge in [0.15, 0.2) is 0 Å². The monoisotopic (exact) mass is 610 g/mol. The molecule has 3 aromatic carbocycles. The highest BCUT2D eigenvalue weighted by molar-refractivity contribution is 7.89. The molecule has 43 heavy (non-hydrogen) atoms. The number of hydrogen-bond acceptors (Lipinski definition) is 7. The largest absolute Gasteiger partial charge is 0.573 e. The molecular formula is C31H29F3N4O4S. The molecule has 2 aliphatic heterocycles. The van der Waals surface area contributed by atoms with Gasteiger partial charge >= 0.3 is 6.36 Å². The summed E-state index contributed by atoms with van der Waals surface area (Å²) in [6, 6.07) is 23.8. The summed E-state index contributed by atoms with van der Waals surface area (Å²) in [7, 11) is -4.25. The molecule has 0 bridgehead atoms. The van der Waals surface area contributed by atoms with Crippen LogP contribution >= 0.6 is 0 Å². The molecule has 2 N–H and O–H groups in total. The number of pyridine rings is 1. The number of halogens is 3. The van der Waals surface area contributed by atoms with Gasteiger partial charge in [-0.1, -0.05) is 42.5 Å². The van der Waals surface area contributed by atoms with Gasteiger partial charge < -0.3 is 19.6 Å². The number of aromatic nitrogens is 1. The number of ether oxygens (including phenoxy) is 1. The normalized spacial score (nSPS) is 20.6. The smallest absolute Gasteiger partial charge is 0.406 e. The highest BCUT2D eigenvalue weighted by Gasteiger charge is 2.43. The van der Waals surface area contributed by atoms with Crippen LogP contribution in [-0.2, 0) is 22.9 Å². The number of hydrogen-bond donors (Lipinski definition) is 2. The SMILES string of the molecule is O=S(=O)(N[C@@H]1CN(c2ccccn2)C[C@H](N2c3ccccc3CCc3ccccc32)[C@H]1O)c1ccc(OC(F)(F)F)cc1. The first-order valence-electron chi connectivity index (χ1n) is 13.8. The van der Waals surface area contributed by atoms with Crippen molar-refractivity contribution in [2.75, 3.05) is 22.9 Å². The van der Waals surface area contributed by atoms with E-state index in [-0.39, 0.29) is 11.4 Å². The van der Waals surface area contributed by atoms with Crippen molar-refractivity contribution in [1.82, 2.24) is 9.71 Å². The first-order valence-corrected chi connectivity index (χ1v) is 15.2. The molecule has 0 saturated carbocycles. The Morgan fingerprint density at radius 3 is 2.02 bits per heavy atom. The number of alkyl halides is 3. The van der Waals surface area contributed by atoms with E-state index in [0.29, 0.717) is 12.4 Å². The molecule has 8 nitrogen and oxygen atoms in total. The lowest BCUT2D eigenvalue weighted by atomic mass is 9.94. The lowest BCUT2D eigenvalue weighted by Crippen LogP contribution is -2.65. The Morgan fingerprint density at radius 1 is 0.837 bits per heavy atom. The van der Waals surface area contributed by atoms with E-state index < -0.39 is 40.3 Å². The first kappa shape index (κ1) is 29.0. The third-order valence-electron chi connectivity index (χ3n) is 7.78. The van der Waals surface area contributed by atoms with Crippen LogP contribution in [0.4, 0.5) is 30.4 Å². The third-order valence-corrected chi connectivity index (χ3v) is 9.28. The Balaban J connectivity index is 1.38. The number of fused-ring (bicyclic) bond motifs is 2. The summed E-state index contributed by atoms with van der Waals surface area (Å²) >= 11 is 0. The van der Waals surface area contributed by atoms with Gasteiger partial charge in [0.25, 0.3) is 0 Å². The molecule has 6 rings (SSSR count). The summed E-state index contributed by atoms with van der Waals surface area (Å²) in [6.07, 6.45) is -2.81. The average molecular weight is 611 g/mol. The van der Waals surface area contributed by atoms with Crippen molar-refractivity contribution in [3.63, 3.8) is 0 Å². The average Bonchev–Trinajstić information content (AvgIpc) is 3.15. The van der Waals surface area contributed by atoms with Crippen LogP contribution in [0.15, 0.2) is 102 Å². The van der Waals surface area contributed by atoms with E-state index in [1.54, 1.807) is 12.3 Å². The highest BCUT2D eigenvalue weighted by atomic mass is 32.2. The van der Waals surface area contributed by atoms with Crippen LogP contribution in [-0.4, -0.2) is 56.1 Å². The van der Waals surface area contributed by atoms with Crippen molar-refractivity contribution in [2.24, 2.45) is 0 Å². The molecule has 224 valence electrons. The van der Waals surface area contributed by atoms with Crippen molar-refractivity contribution in [2.45, 2.75) is 42.3 Å². The lowest BCUT2D eigenvalue weighted by molar-refractivity contribution is -0.274. The van der Waals surface area contributed by atoms with Crippen LogP contribution in [0.2, 0.25) is 0 Å². The molecule has 3 atom stereocenters. The molecule has 0 amide bonds. The number of sulfonamides is 1. The molecular weight excluding hydrogens is 581 g/mol. The Morgan fingerprint density at radius 2 is 1.44 bits per heavy atom. The maximum absolute atomic E-state index is 13.5. The molecule has 2 aliphatic rings. The molecule has 0 radical (unpaired) electrons. The number of anilines is 3. The van der Waals surface area contributed by atoms with Gasteiger partial charge in [0.05, 0.1) is 23.1 Å². The predicted molar refractivity (Wildman–Crippen MR) is 156 cm³/mol. The van der Waals surface area contributed by atoms with E-state index in [9.17, 15) is 26.7 Å². The van der Waals surface area contributed by atoms with Crippen LogP contribution < -0.4 is 19.3 Å². The number of aliphatic hydroxyl groups is 1. The van der Waals surface area contributed by atoms with Gasteiger partial charge in [-0.05, 0) is 72.5 Å². The number of aryl methyl sites for hydroxylation is 2. The minimum atomic E-state index is -4.90. The fourth-order valence-electron chi connectivity index (χ4n) is 5.85. The Hall–Kier alpha value is -4.13. The molecule has 1 aromatic heterocycles. The zero-order chi connectivity index (χ0) is 30.2. The fraction of sp³-hybridized carbons (Fsp3) is 0.258. The van der Waals surface area contributed by atoms with Gasteiger partial charge in [-0.15, -0.1) is 13.2 Å². The summed E-state index contributed by atoms with van der Waals surface area (Å²) in [5.41, 5.74) is 4.08. The molecule has 0 spiro atoms. The van der Waals surface area contributed by atoms with E-state index in [1.807, 2.05) is 53.4 Å². The second-order valence-electron chi connectivity index (χ2n) is 10.5. The minimum absolute atomic E-state index is 0.111. The minimum Gasteiger partial charge on any atom is -0.406 e. The number of nitrogens with zero attached hydrogens (tertiary/aromatic N) is 3. The van der Waals surface area contributed by atoms with Crippen LogP contribution in [0, 0.1) is 0 Å². The van der Waals surface area contributed by atoms with Crippen molar-refractivity contribution >= 4 is 27.2 Å². The Kier molecular flexibility index (Phi) is 7.75. The summed E-state index contributed by atoms with van der Waals surface area (Å²) in [5.74, 6) is 0.0812. The van der Waals surface area contributed by atoms with E-state index in [2.05, 4.69) is 31.5 Å². The zero-order valence-electron chi connectivity index (χ0n) is 22.9. The Labute approximate surface area is 247 Å². The summed E-state index contributed by atoms with van der Waals surface area (Å²) in [6.45, 7) is 0.461. The maximum atomic E-state index is 13.5. The van der Waals surface area contributed by atoms with Gasteiger partial charge in [-0.2, -0.15) is 0 Å². The van der Waals surface area contributed by atoms with Gasteiger partial charge in [0.1, 0.15) is 11.6 Å².